The fourth-order valence-corrected chi connectivity index (χ4v) is 2.16. The van der Waals surface area contributed by atoms with E-state index in [-0.39, 0.29) is 11.5 Å². The molecule has 0 amide bonds. The van der Waals surface area contributed by atoms with Gasteiger partial charge in [0.25, 0.3) is 5.69 Å². The number of carbonyl (C=O) groups excluding carboxylic acids is 1. The molecular weight excluding hydrogens is 206 g/mol. The van der Waals surface area contributed by atoms with Crippen molar-refractivity contribution in [1.82, 2.24) is 0 Å². The second-order valence-corrected chi connectivity index (χ2v) is 4.20. The zero-order valence-corrected chi connectivity index (χ0v) is 9.10. The normalized spacial score (nSPS) is 19.3. The Bertz CT molecular complexity index is 454. The zero-order chi connectivity index (χ0) is 11.7. The van der Waals surface area contributed by atoms with E-state index in [1.165, 1.54) is 12.1 Å². The number of benzene rings is 1. The van der Waals surface area contributed by atoms with Crippen LogP contribution in [0.2, 0.25) is 0 Å². The van der Waals surface area contributed by atoms with E-state index in [2.05, 4.69) is 6.92 Å². The summed E-state index contributed by atoms with van der Waals surface area (Å²) in [5.74, 6) is 0.429. The topological polar surface area (TPSA) is 60.2 Å². The van der Waals surface area contributed by atoms with E-state index in [1.54, 1.807) is 6.07 Å². The fourth-order valence-electron chi connectivity index (χ4n) is 2.16. The quantitative estimate of drug-likeness (QED) is 0.567. The largest absolute Gasteiger partial charge is 0.294 e. The summed E-state index contributed by atoms with van der Waals surface area (Å²) in [7, 11) is 0. The Morgan fingerprint density at radius 3 is 2.81 bits per heavy atom. The van der Waals surface area contributed by atoms with Gasteiger partial charge in [-0.3, -0.25) is 14.9 Å². The first-order valence-corrected chi connectivity index (χ1v) is 5.42. The van der Waals surface area contributed by atoms with Crippen molar-refractivity contribution in [2.75, 3.05) is 0 Å². The number of non-ortho nitro benzene ring substituents is 1. The summed E-state index contributed by atoms with van der Waals surface area (Å²) in [5.41, 5.74) is 1.50. The maximum absolute atomic E-state index is 11.8. The van der Waals surface area contributed by atoms with Gasteiger partial charge in [0.15, 0.2) is 5.78 Å². The minimum absolute atomic E-state index is 0.00190. The summed E-state index contributed by atoms with van der Waals surface area (Å²) in [6, 6.07) is 4.60. The van der Waals surface area contributed by atoms with Crippen LogP contribution >= 0.6 is 0 Å². The molecule has 0 saturated heterocycles. The molecule has 1 aliphatic carbocycles. The van der Waals surface area contributed by atoms with E-state index >= 15 is 0 Å². The lowest BCUT2D eigenvalue weighted by atomic mass is 9.81. The van der Waals surface area contributed by atoms with Crippen molar-refractivity contribution in [2.24, 2.45) is 5.92 Å². The molecule has 16 heavy (non-hydrogen) atoms. The second kappa shape index (κ2) is 4.04. The average molecular weight is 219 g/mol. The van der Waals surface area contributed by atoms with Gasteiger partial charge < -0.3 is 0 Å². The Morgan fingerprint density at radius 2 is 2.19 bits per heavy atom. The van der Waals surface area contributed by atoms with Crippen LogP contribution in [0.25, 0.3) is 0 Å². The lowest BCUT2D eigenvalue weighted by Crippen LogP contribution is -2.19. The van der Waals surface area contributed by atoms with Crippen molar-refractivity contribution >= 4 is 11.5 Å². The standard InChI is InChI=1S/C12H13NO3/c1-2-8-5-9-3-4-10(13(15)16)7-11(9)12(14)6-8/h3-4,7-8H,2,5-6H2,1H3. The summed E-state index contributed by atoms with van der Waals surface area (Å²) in [5, 5.41) is 10.6. The van der Waals surface area contributed by atoms with Gasteiger partial charge in [-0.2, -0.15) is 0 Å². The zero-order valence-electron chi connectivity index (χ0n) is 9.10. The maximum Gasteiger partial charge on any atom is 0.270 e. The van der Waals surface area contributed by atoms with Gasteiger partial charge in [-0.05, 0) is 17.9 Å². The number of Topliss-reactive ketones (excluding diaryl/α,β-unsaturated/α-hetero) is 1. The van der Waals surface area contributed by atoms with Crippen LogP contribution in [0.3, 0.4) is 0 Å². The molecule has 0 radical (unpaired) electrons. The van der Waals surface area contributed by atoms with E-state index in [0.29, 0.717) is 17.9 Å². The van der Waals surface area contributed by atoms with E-state index in [4.69, 9.17) is 0 Å². The van der Waals surface area contributed by atoms with Gasteiger partial charge in [-0.25, -0.2) is 0 Å². The van der Waals surface area contributed by atoms with Crippen molar-refractivity contribution < 1.29 is 9.72 Å². The highest BCUT2D eigenvalue weighted by Gasteiger charge is 2.25. The van der Waals surface area contributed by atoms with Gasteiger partial charge in [-0.1, -0.05) is 19.4 Å². The number of fused-ring (bicyclic) bond motifs is 1. The first kappa shape index (κ1) is 10.8. The molecule has 0 fully saturated rings. The molecule has 84 valence electrons. The van der Waals surface area contributed by atoms with Gasteiger partial charge in [0.05, 0.1) is 4.92 Å². The minimum atomic E-state index is -0.459. The van der Waals surface area contributed by atoms with Crippen LogP contribution in [-0.2, 0) is 6.42 Å². The smallest absolute Gasteiger partial charge is 0.270 e. The summed E-state index contributed by atoms with van der Waals surface area (Å²) in [4.78, 5) is 22.0. The van der Waals surface area contributed by atoms with Gasteiger partial charge in [-0.15, -0.1) is 0 Å². The molecule has 2 rings (SSSR count). The summed E-state index contributed by atoms with van der Waals surface area (Å²) < 4.78 is 0. The molecule has 0 bridgehead atoms. The van der Waals surface area contributed by atoms with Crippen LogP contribution in [-0.4, -0.2) is 10.7 Å². The van der Waals surface area contributed by atoms with Crippen LogP contribution in [0, 0.1) is 16.0 Å². The molecule has 1 aromatic carbocycles. The van der Waals surface area contributed by atoms with Crippen molar-refractivity contribution in [1.29, 1.82) is 0 Å². The minimum Gasteiger partial charge on any atom is -0.294 e. The molecule has 1 aliphatic rings. The molecule has 0 N–H and O–H groups in total. The molecule has 0 saturated carbocycles. The molecule has 4 heteroatoms. The Morgan fingerprint density at radius 1 is 1.44 bits per heavy atom. The third kappa shape index (κ3) is 1.83. The van der Waals surface area contributed by atoms with Gasteiger partial charge >= 0.3 is 0 Å². The monoisotopic (exact) mass is 219 g/mol. The van der Waals surface area contributed by atoms with E-state index in [1.807, 2.05) is 0 Å². The van der Waals surface area contributed by atoms with Crippen LogP contribution in [0.15, 0.2) is 18.2 Å². The molecule has 0 aromatic heterocycles. The highest BCUT2D eigenvalue weighted by atomic mass is 16.6. The third-order valence-corrected chi connectivity index (χ3v) is 3.16. The Labute approximate surface area is 93.4 Å². The van der Waals surface area contributed by atoms with Crippen LogP contribution in [0.4, 0.5) is 5.69 Å². The predicted octanol–water partition coefficient (Wildman–Crippen LogP) is 2.75. The van der Waals surface area contributed by atoms with Crippen molar-refractivity contribution in [2.45, 2.75) is 26.2 Å². The molecular formula is C12H13NO3. The van der Waals surface area contributed by atoms with E-state index in [0.717, 1.165) is 18.4 Å². The molecule has 4 nitrogen and oxygen atoms in total. The summed E-state index contributed by atoms with van der Waals surface area (Å²) in [6.07, 6.45) is 2.35. The van der Waals surface area contributed by atoms with Crippen molar-refractivity contribution in [3.05, 3.63) is 39.4 Å². The Hall–Kier alpha value is -1.71. The van der Waals surface area contributed by atoms with Crippen LogP contribution in [0.1, 0.15) is 35.7 Å². The number of ketones is 1. The number of nitro groups is 1. The first-order valence-electron chi connectivity index (χ1n) is 5.42. The SMILES string of the molecule is CCC1CC(=O)c2cc([N+](=O)[O-])ccc2C1. The Balaban J connectivity index is 2.41. The lowest BCUT2D eigenvalue weighted by molar-refractivity contribution is -0.384. The van der Waals surface area contributed by atoms with Crippen LogP contribution < -0.4 is 0 Å². The number of carbonyl (C=O) groups is 1. The number of nitrogens with zero attached hydrogens (tertiary/aromatic N) is 1. The van der Waals surface area contributed by atoms with Crippen LogP contribution in [0.5, 0.6) is 0 Å². The molecule has 1 unspecified atom stereocenters. The summed E-state index contributed by atoms with van der Waals surface area (Å²) >= 11 is 0. The molecule has 0 heterocycles. The van der Waals surface area contributed by atoms with Crippen molar-refractivity contribution in [3.8, 4) is 0 Å². The van der Waals surface area contributed by atoms with Crippen molar-refractivity contribution in [3.63, 3.8) is 0 Å². The average Bonchev–Trinajstić information content (AvgIpc) is 2.28. The number of nitro benzene ring substituents is 1. The Kier molecular flexibility index (Phi) is 2.73. The van der Waals surface area contributed by atoms with Gasteiger partial charge in [0.1, 0.15) is 0 Å². The highest BCUT2D eigenvalue weighted by molar-refractivity contribution is 5.99. The molecule has 1 aromatic rings. The van der Waals surface area contributed by atoms with Gasteiger partial charge in [0.2, 0.25) is 0 Å². The van der Waals surface area contributed by atoms with E-state index < -0.39 is 4.92 Å². The first-order chi connectivity index (χ1) is 7.61. The second-order valence-electron chi connectivity index (χ2n) is 4.20. The third-order valence-electron chi connectivity index (χ3n) is 3.16. The number of rotatable bonds is 2. The summed E-state index contributed by atoms with van der Waals surface area (Å²) in [6.45, 7) is 2.06. The number of hydrogen-bond donors (Lipinski definition) is 0. The number of hydrogen-bond acceptors (Lipinski definition) is 3. The highest BCUT2D eigenvalue weighted by Crippen LogP contribution is 2.29. The maximum atomic E-state index is 11.8. The van der Waals surface area contributed by atoms with E-state index in [9.17, 15) is 14.9 Å². The fraction of sp³-hybridized carbons (Fsp3) is 0.417. The predicted molar refractivity (Wildman–Crippen MR) is 59.5 cm³/mol. The molecule has 0 aliphatic heterocycles. The molecule has 1 atom stereocenters. The lowest BCUT2D eigenvalue weighted by Gasteiger charge is -2.21. The molecule has 0 spiro atoms. The van der Waals surface area contributed by atoms with Gasteiger partial charge in [0, 0.05) is 24.1 Å².